The van der Waals surface area contributed by atoms with Crippen molar-refractivity contribution in [2.75, 3.05) is 24.6 Å². The topological polar surface area (TPSA) is 15.3 Å². The van der Waals surface area contributed by atoms with Gasteiger partial charge in [0, 0.05) is 19.1 Å². The monoisotopic (exact) mass is 290 g/mol. The molecule has 0 saturated carbocycles. The van der Waals surface area contributed by atoms with E-state index in [0.717, 1.165) is 19.1 Å². The van der Waals surface area contributed by atoms with Gasteiger partial charge in [-0.3, -0.25) is 4.90 Å². The summed E-state index contributed by atoms with van der Waals surface area (Å²) >= 11 is 2.09. The molecule has 3 heteroatoms. The Hall–Kier alpha value is -0.510. The molecular formula is C17H26N2S. The lowest BCUT2D eigenvalue weighted by atomic mass is 10.1. The number of hydrogen-bond acceptors (Lipinski definition) is 3. The predicted octanol–water partition coefficient (Wildman–Crippen LogP) is 3.27. The first-order chi connectivity index (χ1) is 9.90. The van der Waals surface area contributed by atoms with Crippen molar-refractivity contribution in [3.05, 3.63) is 35.4 Å². The standard InChI is InChI=1S/C17H26N2S/c1-2-9-19(8-1)14-16-5-3-4-15(12-16)13-18-17-6-10-20-11-7-17/h3-5,12,17-18H,1-2,6-11,13-14H2. The molecule has 1 aromatic rings. The second-order valence-corrected chi connectivity index (χ2v) is 7.30. The molecule has 3 rings (SSSR count). The highest BCUT2D eigenvalue weighted by Crippen LogP contribution is 2.18. The van der Waals surface area contributed by atoms with Gasteiger partial charge < -0.3 is 5.32 Å². The van der Waals surface area contributed by atoms with Crippen LogP contribution in [0.3, 0.4) is 0 Å². The van der Waals surface area contributed by atoms with Gasteiger partial charge >= 0.3 is 0 Å². The highest BCUT2D eigenvalue weighted by Gasteiger charge is 2.13. The molecular weight excluding hydrogens is 264 g/mol. The van der Waals surface area contributed by atoms with E-state index >= 15 is 0 Å². The largest absolute Gasteiger partial charge is 0.310 e. The summed E-state index contributed by atoms with van der Waals surface area (Å²) in [5, 5.41) is 3.73. The molecule has 1 N–H and O–H groups in total. The van der Waals surface area contributed by atoms with Crippen LogP contribution >= 0.6 is 11.8 Å². The normalized spacial score (nSPS) is 21.4. The van der Waals surface area contributed by atoms with Crippen molar-refractivity contribution in [1.82, 2.24) is 10.2 Å². The lowest BCUT2D eigenvalue weighted by Crippen LogP contribution is -2.32. The van der Waals surface area contributed by atoms with E-state index < -0.39 is 0 Å². The van der Waals surface area contributed by atoms with Crippen molar-refractivity contribution in [2.45, 2.75) is 44.8 Å². The predicted molar refractivity (Wildman–Crippen MR) is 88.1 cm³/mol. The van der Waals surface area contributed by atoms with Gasteiger partial charge in [0.05, 0.1) is 0 Å². The van der Waals surface area contributed by atoms with Crippen LogP contribution in [0.4, 0.5) is 0 Å². The van der Waals surface area contributed by atoms with Crippen molar-refractivity contribution in [3.63, 3.8) is 0 Å². The fraction of sp³-hybridized carbons (Fsp3) is 0.647. The molecule has 2 saturated heterocycles. The molecule has 0 unspecified atom stereocenters. The molecule has 0 aliphatic carbocycles. The van der Waals surface area contributed by atoms with E-state index in [4.69, 9.17) is 0 Å². The molecule has 0 atom stereocenters. The Morgan fingerprint density at radius 3 is 2.65 bits per heavy atom. The molecule has 0 spiro atoms. The fourth-order valence-corrected chi connectivity index (χ4v) is 4.31. The summed E-state index contributed by atoms with van der Waals surface area (Å²) < 4.78 is 0. The molecule has 2 fully saturated rings. The van der Waals surface area contributed by atoms with Crippen LogP contribution in [0.5, 0.6) is 0 Å². The van der Waals surface area contributed by atoms with Gasteiger partial charge in [-0.1, -0.05) is 24.3 Å². The summed E-state index contributed by atoms with van der Waals surface area (Å²) in [5.74, 6) is 2.65. The fourth-order valence-electron chi connectivity index (χ4n) is 3.20. The molecule has 20 heavy (non-hydrogen) atoms. The van der Waals surface area contributed by atoms with Crippen molar-refractivity contribution in [2.24, 2.45) is 0 Å². The molecule has 110 valence electrons. The average molecular weight is 290 g/mol. The Balaban J connectivity index is 1.50. The first-order valence-electron chi connectivity index (χ1n) is 8.01. The van der Waals surface area contributed by atoms with Crippen LogP contribution in [-0.4, -0.2) is 35.5 Å². The van der Waals surface area contributed by atoms with Crippen LogP contribution in [0.25, 0.3) is 0 Å². The van der Waals surface area contributed by atoms with E-state index in [1.807, 2.05) is 0 Å². The molecule has 2 aliphatic heterocycles. The van der Waals surface area contributed by atoms with Crippen molar-refractivity contribution in [3.8, 4) is 0 Å². The van der Waals surface area contributed by atoms with Gasteiger partial charge in [-0.15, -0.1) is 0 Å². The molecule has 0 amide bonds. The number of benzene rings is 1. The second kappa shape index (κ2) is 7.48. The van der Waals surface area contributed by atoms with E-state index in [1.165, 1.54) is 61.4 Å². The Kier molecular flexibility index (Phi) is 5.40. The Morgan fingerprint density at radius 1 is 1.10 bits per heavy atom. The molecule has 2 aliphatic rings. The summed E-state index contributed by atoms with van der Waals surface area (Å²) in [7, 11) is 0. The third kappa shape index (κ3) is 4.24. The second-order valence-electron chi connectivity index (χ2n) is 6.07. The number of rotatable bonds is 5. The Morgan fingerprint density at radius 2 is 1.85 bits per heavy atom. The van der Waals surface area contributed by atoms with Gasteiger partial charge in [-0.25, -0.2) is 0 Å². The molecule has 2 nitrogen and oxygen atoms in total. The van der Waals surface area contributed by atoms with E-state index in [9.17, 15) is 0 Å². The Labute approximate surface area is 127 Å². The van der Waals surface area contributed by atoms with Gasteiger partial charge in [0.15, 0.2) is 0 Å². The zero-order valence-electron chi connectivity index (χ0n) is 12.3. The smallest absolute Gasteiger partial charge is 0.0233 e. The van der Waals surface area contributed by atoms with Gasteiger partial charge in [-0.2, -0.15) is 11.8 Å². The third-order valence-corrected chi connectivity index (χ3v) is 5.46. The number of likely N-dealkylation sites (tertiary alicyclic amines) is 1. The highest BCUT2D eigenvalue weighted by molar-refractivity contribution is 7.99. The summed E-state index contributed by atoms with van der Waals surface area (Å²) in [6.45, 7) is 4.72. The van der Waals surface area contributed by atoms with Gasteiger partial charge in [-0.05, 0) is 61.4 Å². The summed E-state index contributed by atoms with van der Waals surface area (Å²) in [5.41, 5.74) is 2.92. The minimum absolute atomic E-state index is 0.735. The van der Waals surface area contributed by atoms with Gasteiger partial charge in [0.25, 0.3) is 0 Å². The minimum atomic E-state index is 0.735. The zero-order valence-corrected chi connectivity index (χ0v) is 13.1. The third-order valence-electron chi connectivity index (χ3n) is 4.41. The molecule has 0 radical (unpaired) electrons. The lowest BCUT2D eigenvalue weighted by molar-refractivity contribution is 0.331. The van der Waals surface area contributed by atoms with Crippen LogP contribution in [0.15, 0.2) is 24.3 Å². The van der Waals surface area contributed by atoms with Gasteiger partial charge in [0.1, 0.15) is 0 Å². The maximum absolute atomic E-state index is 3.73. The SMILES string of the molecule is c1cc(CNC2CCSCC2)cc(CN2CCCC2)c1. The number of hydrogen-bond donors (Lipinski definition) is 1. The molecule has 1 aromatic carbocycles. The molecule has 0 bridgehead atoms. The van der Waals surface area contributed by atoms with E-state index in [1.54, 1.807) is 0 Å². The summed E-state index contributed by atoms with van der Waals surface area (Å²) in [4.78, 5) is 2.57. The number of nitrogens with one attached hydrogen (secondary N) is 1. The van der Waals surface area contributed by atoms with Crippen LogP contribution in [0, 0.1) is 0 Å². The van der Waals surface area contributed by atoms with Crippen molar-refractivity contribution < 1.29 is 0 Å². The van der Waals surface area contributed by atoms with E-state index in [0.29, 0.717) is 0 Å². The summed E-state index contributed by atoms with van der Waals surface area (Å²) in [6, 6.07) is 9.89. The average Bonchev–Trinajstić information content (AvgIpc) is 3.00. The van der Waals surface area contributed by atoms with Crippen LogP contribution in [-0.2, 0) is 13.1 Å². The number of nitrogens with zero attached hydrogens (tertiary/aromatic N) is 1. The highest BCUT2D eigenvalue weighted by atomic mass is 32.2. The molecule has 2 heterocycles. The van der Waals surface area contributed by atoms with Crippen molar-refractivity contribution >= 4 is 11.8 Å². The van der Waals surface area contributed by atoms with Crippen LogP contribution < -0.4 is 5.32 Å². The van der Waals surface area contributed by atoms with Crippen molar-refractivity contribution in [1.29, 1.82) is 0 Å². The van der Waals surface area contributed by atoms with E-state index in [-0.39, 0.29) is 0 Å². The maximum Gasteiger partial charge on any atom is 0.0233 e. The zero-order chi connectivity index (χ0) is 13.6. The van der Waals surface area contributed by atoms with Gasteiger partial charge in [0.2, 0.25) is 0 Å². The summed E-state index contributed by atoms with van der Waals surface area (Å²) in [6.07, 6.45) is 5.41. The number of thioether (sulfide) groups is 1. The quantitative estimate of drug-likeness (QED) is 0.896. The first kappa shape index (κ1) is 14.4. The maximum atomic E-state index is 3.73. The van der Waals surface area contributed by atoms with Crippen LogP contribution in [0.1, 0.15) is 36.8 Å². The molecule has 0 aromatic heterocycles. The van der Waals surface area contributed by atoms with E-state index in [2.05, 4.69) is 46.2 Å². The Bertz CT molecular complexity index is 409. The lowest BCUT2D eigenvalue weighted by Gasteiger charge is -2.23. The van der Waals surface area contributed by atoms with Crippen LogP contribution in [0.2, 0.25) is 0 Å². The first-order valence-corrected chi connectivity index (χ1v) is 9.17. The minimum Gasteiger partial charge on any atom is -0.310 e.